The van der Waals surface area contributed by atoms with E-state index in [0.29, 0.717) is 19.6 Å². The molecule has 1 fully saturated rings. The summed E-state index contributed by atoms with van der Waals surface area (Å²) in [7, 11) is 0. The predicted molar refractivity (Wildman–Crippen MR) is 113 cm³/mol. The molecule has 31 heavy (non-hydrogen) atoms. The molecule has 2 aromatic carbocycles. The highest BCUT2D eigenvalue weighted by molar-refractivity contribution is 6.31. The summed E-state index contributed by atoms with van der Waals surface area (Å²) in [6.45, 7) is 5.71. The minimum absolute atomic E-state index is 0.0750. The molecule has 1 aliphatic heterocycles. The second-order valence-electron chi connectivity index (χ2n) is 7.81. The highest BCUT2D eigenvalue weighted by Gasteiger charge is 2.33. The minimum atomic E-state index is -4.56. The first-order valence-electron chi connectivity index (χ1n) is 9.88. The monoisotopic (exact) mass is 454 g/mol. The van der Waals surface area contributed by atoms with Crippen molar-refractivity contribution in [3.63, 3.8) is 0 Å². The van der Waals surface area contributed by atoms with Gasteiger partial charge in [0.15, 0.2) is 0 Å². The molecule has 0 radical (unpaired) electrons. The third-order valence-corrected chi connectivity index (χ3v) is 5.74. The van der Waals surface area contributed by atoms with E-state index in [1.165, 1.54) is 36.4 Å². The molecule has 1 aliphatic rings. The molecular formula is C23H23ClF4N2O. The van der Waals surface area contributed by atoms with Crippen LogP contribution in [0.5, 0.6) is 0 Å². The number of hydrogen-bond acceptors (Lipinski definition) is 2. The smallest absolute Gasteiger partial charge is 0.334 e. The molecule has 2 atom stereocenters. The number of amides is 1. The summed E-state index contributed by atoms with van der Waals surface area (Å²) in [5.74, 6) is -0.542. The zero-order valence-corrected chi connectivity index (χ0v) is 17.9. The van der Waals surface area contributed by atoms with E-state index in [9.17, 15) is 22.4 Å². The number of nitrogens with zero attached hydrogens (tertiary/aromatic N) is 2. The van der Waals surface area contributed by atoms with Gasteiger partial charge in [0.2, 0.25) is 5.91 Å². The maximum atomic E-state index is 13.1. The van der Waals surface area contributed by atoms with Gasteiger partial charge in [0.1, 0.15) is 5.82 Å². The molecule has 3 nitrogen and oxygen atoms in total. The van der Waals surface area contributed by atoms with Gasteiger partial charge in [-0.3, -0.25) is 9.69 Å². The predicted octanol–water partition coefficient (Wildman–Crippen LogP) is 5.63. The van der Waals surface area contributed by atoms with Crippen LogP contribution in [-0.4, -0.2) is 40.9 Å². The van der Waals surface area contributed by atoms with Crippen LogP contribution in [0.3, 0.4) is 0 Å². The standard InChI is InChI=1S/C23H23ClF4N2O/c1-15-13-30(16(2)12-29(15)14-18-3-7-19(25)8-4-18)22(31)10-6-17-5-9-21(24)20(11-17)23(26,27)28/h3-11,15-16H,12-14H2,1-2H3/b10-6+. The molecule has 2 unspecified atom stereocenters. The van der Waals surface area contributed by atoms with E-state index in [4.69, 9.17) is 11.6 Å². The molecule has 0 aliphatic carbocycles. The summed E-state index contributed by atoms with van der Waals surface area (Å²) >= 11 is 5.64. The second-order valence-corrected chi connectivity index (χ2v) is 8.22. The SMILES string of the molecule is CC1CN(C(=O)/C=C/c2ccc(Cl)c(C(F)(F)F)c2)C(C)CN1Cc1ccc(F)cc1. The second kappa shape index (κ2) is 9.40. The Morgan fingerprint density at radius 1 is 1.10 bits per heavy atom. The van der Waals surface area contributed by atoms with Gasteiger partial charge in [-0.1, -0.05) is 29.8 Å². The lowest BCUT2D eigenvalue weighted by molar-refractivity contribution is -0.137. The summed E-state index contributed by atoms with van der Waals surface area (Å²) in [6.07, 6.45) is -1.89. The minimum Gasteiger partial charge on any atom is -0.334 e. The Bertz CT molecular complexity index is 959. The van der Waals surface area contributed by atoms with E-state index in [1.807, 2.05) is 13.8 Å². The van der Waals surface area contributed by atoms with Crippen LogP contribution in [0.25, 0.3) is 6.08 Å². The Labute approximate surface area is 183 Å². The molecule has 1 saturated heterocycles. The number of alkyl halides is 3. The van der Waals surface area contributed by atoms with Gasteiger partial charge in [0, 0.05) is 37.8 Å². The topological polar surface area (TPSA) is 23.6 Å². The van der Waals surface area contributed by atoms with Gasteiger partial charge < -0.3 is 4.90 Å². The van der Waals surface area contributed by atoms with Crippen LogP contribution in [0, 0.1) is 5.82 Å². The van der Waals surface area contributed by atoms with Gasteiger partial charge >= 0.3 is 6.18 Å². The fraction of sp³-hybridized carbons (Fsp3) is 0.348. The number of piperazine rings is 1. The maximum absolute atomic E-state index is 13.1. The lowest BCUT2D eigenvalue weighted by Crippen LogP contribution is -2.57. The van der Waals surface area contributed by atoms with Crippen LogP contribution in [0.2, 0.25) is 5.02 Å². The van der Waals surface area contributed by atoms with Crippen LogP contribution in [-0.2, 0) is 17.5 Å². The molecule has 0 N–H and O–H groups in total. The molecular weight excluding hydrogens is 432 g/mol. The molecule has 166 valence electrons. The largest absolute Gasteiger partial charge is 0.417 e. The molecule has 0 bridgehead atoms. The molecule has 0 saturated carbocycles. The van der Waals surface area contributed by atoms with Gasteiger partial charge in [0.05, 0.1) is 10.6 Å². The van der Waals surface area contributed by atoms with Gasteiger partial charge in [0.25, 0.3) is 0 Å². The first kappa shape index (κ1) is 23.3. The Kier molecular flexibility index (Phi) is 7.06. The van der Waals surface area contributed by atoms with E-state index in [1.54, 1.807) is 17.0 Å². The molecule has 1 heterocycles. The first-order valence-corrected chi connectivity index (χ1v) is 10.3. The van der Waals surface area contributed by atoms with E-state index in [0.717, 1.165) is 11.6 Å². The molecule has 1 amide bonds. The van der Waals surface area contributed by atoms with E-state index in [-0.39, 0.29) is 34.4 Å². The Balaban J connectivity index is 1.66. The van der Waals surface area contributed by atoms with E-state index in [2.05, 4.69) is 4.90 Å². The van der Waals surface area contributed by atoms with Crippen molar-refractivity contribution >= 4 is 23.6 Å². The third-order valence-electron chi connectivity index (χ3n) is 5.41. The summed E-state index contributed by atoms with van der Waals surface area (Å²) in [5, 5.41) is -0.379. The number of rotatable bonds is 4. The molecule has 0 aromatic heterocycles. The molecule has 2 aromatic rings. The van der Waals surface area contributed by atoms with Crippen molar-refractivity contribution in [1.29, 1.82) is 0 Å². The van der Waals surface area contributed by atoms with Gasteiger partial charge in [-0.2, -0.15) is 13.2 Å². The first-order chi connectivity index (χ1) is 14.5. The third kappa shape index (κ3) is 5.86. The van der Waals surface area contributed by atoms with Crippen LogP contribution >= 0.6 is 11.6 Å². The van der Waals surface area contributed by atoms with Crippen molar-refractivity contribution in [3.05, 3.63) is 76.1 Å². The van der Waals surface area contributed by atoms with Gasteiger partial charge in [-0.25, -0.2) is 4.39 Å². The van der Waals surface area contributed by atoms with Crippen LogP contribution in [0.1, 0.15) is 30.5 Å². The quantitative estimate of drug-likeness (QED) is 0.441. The Hall–Kier alpha value is -2.38. The van der Waals surface area contributed by atoms with Crippen molar-refractivity contribution in [2.45, 2.75) is 38.7 Å². The highest BCUT2D eigenvalue weighted by atomic mass is 35.5. The number of benzene rings is 2. The van der Waals surface area contributed by atoms with Crippen LogP contribution in [0.15, 0.2) is 48.5 Å². The highest BCUT2D eigenvalue weighted by Crippen LogP contribution is 2.35. The van der Waals surface area contributed by atoms with Crippen molar-refractivity contribution in [1.82, 2.24) is 9.80 Å². The summed E-state index contributed by atoms with van der Waals surface area (Å²) in [5.41, 5.74) is 0.309. The number of carbonyl (C=O) groups is 1. The molecule has 0 spiro atoms. The fourth-order valence-corrected chi connectivity index (χ4v) is 3.90. The Morgan fingerprint density at radius 2 is 1.77 bits per heavy atom. The zero-order chi connectivity index (χ0) is 22.8. The summed E-state index contributed by atoms with van der Waals surface area (Å²) in [4.78, 5) is 16.6. The molecule has 8 heteroatoms. The summed E-state index contributed by atoms with van der Waals surface area (Å²) in [6, 6.07) is 9.88. The van der Waals surface area contributed by atoms with Crippen LogP contribution in [0.4, 0.5) is 17.6 Å². The number of halogens is 5. The van der Waals surface area contributed by atoms with Crippen LogP contribution < -0.4 is 0 Å². The average Bonchev–Trinajstić information content (AvgIpc) is 2.70. The maximum Gasteiger partial charge on any atom is 0.417 e. The lowest BCUT2D eigenvalue weighted by atomic mass is 10.1. The van der Waals surface area contributed by atoms with Crippen molar-refractivity contribution in [2.24, 2.45) is 0 Å². The number of hydrogen-bond donors (Lipinski definition) is 0. The van der Waals surface area contributed by atoms with E-state index < -0.39 is 11.7 Å². The molecule has 3 rings (SSSR count). The fourth-order valence-electron chi connectivity index (χ4n) is 3.68. The summed E-state index contributed by atoms with van der Waals surface area (Å²) < 4.78 is 52.2. The van der Waals surface area contributed by atoms with E-state index >= 15 is 0 Å². The van der Waals surface area contributed by atoms with Gasteiger partial charge in [-0.05, 0) is 55.3 Å². The number of carbonyl (C=O) groups excluding carboxylic acids is 1. The Morgan fingerprint density at radius 3 is 2.42 bits per heavy atom. The normalized spacial score (nSPS) is 20.4. The van der Waals surface area contributed by atoms with Crippen molar-refractivity contribution < 1.29 is 22.4 Å². The zero-order valence-electron chi connectivity index (χ0n) is 17.2. The van der Waals surface area contributed by atoms with Crippen molar-refractivity contribution in [2.75, 3.05) is 13.1 Å². The van der Waals surface area contributed by atoms with Crippen molar-refractivity contribution in [3.8, 4) is 0 Å². The lowest BCUT2D eigenvalue weighted by Gasteiger charge is -2.44. The average molecular weight is 455 g/mol. The van der Waals surface area contributed by atoms with Gasteiger partial charge in [-0.15, -0.1) is 0 Å².